The highest BCUT2D eigenvalue weighted by Crippen LogP contribution is 2.37. The molecule has 24 heavy (non-hydrogen) atoms. The largest absolute Gasteiger partial charge is 0.495 e. The van der Waals surface area contributed by atoms with E-state index in [9.17, 15) is 4.79 Å². The molecule has 1 aromatic carbocycles. The van der Waals surface area contributed by atoms with Gasteiger partial charge in [-0.25, -0.2) is 0 Å². The number of thioether (sulfide) groups is 1. The number of benzene rings is 1. The molecule has 1 aromatic heterocycles. The summed E-state index contributed by atoms with van der Waals surface area (Å²) in [4.78, 5) is 14.2. The fourth-order valence-corrected chi connectivity index (χ4v) is 4.65. The van der Waals surface area contributed by atoms with Gasteiger partial charge in [0, 0.05) is 5.02 Å². The Morgan fingerprint density at radius 3 is 2.88 bits per heavy atom. The smallest absolute Gasteiger partial charge is 0.242 e. The summed E-state index contributed by atoms with van der Waals surface area (Å²) in [7, 11) is 1.54. The molecule has 0 aliphatic carbocycles. The average Bonchev–Trinajstić information content (AvgIpc) is 3.11. The predicted molar refractivity (Wildman–Crippen MR) is 100.0 cm³/mol. The monoisotopic (exact) mass is 401 g/mol. The Hall–Kier alpha value is -1.21. The third-order valence-corrected chi connectivity index (χ3v) is 5.68. The quantitative estimate of drug-likeness (QED) is 0.686. The van der Waals surface area contributed by atoms with E-state index < -0.39 is 0 Å². The average molecular weight is 402 g/mol. The highest BCUT2D eigenvalue weighted by Gasteiger charge is 2.37. The van der Waals surface area contributed by atoms with Crippen molar-refractivity contribution in [2.45, 2.75) is 18.2 Å². The van der Waals surface area contributed by atoms with Crippen LogP contribution in [0.2, 0.25) is 10.0 Å². The van der Waals surface area contributed by atoms with Crippen molar-refractivity contribution >= 4 is 57.4 Å². The van der Waals surface area contributed by atoms with Crippen molar-refractivity contribution in [1.82, 2.24) is 4.90 Å². The van der Waals surface area contributed by atoms with Crippen LogP contribution in [0.4, 0.5) is 0 Å². The van der Waals surface area contributed by atoms with Crippen molar-refractivity contribution in [1.29, 1.82) is 0 Å². The van der Waals surface area contributed by atoms with Crippen LogP contribution in [0.15, 0.2) is 34.9 Å². The summed E-state index contributed by atoms with van der Waals surface area (Å²) in [5, 5.41) is 0.586. The summed E-state index contributed by atoms with van der Waals surface area (Å²) >= 11 is 18.9. The Morgan fingerprint density at radius 1 is 1.42 bits per heavy atom. The van der Waals surface area contributed by atoms with E-state index in [4.69, 9.17) is 44.6 Å². The fourth-order valence-electron chi connectivity index (χ4n) is 2.52. The molecule has 1 aliphatic heterocycles. The zero-order valence-electron chi connectivity index (χ0n) is 12.6. The zero-order chi connectivity index (χ0) is 17.3. The number of methoxy groups -OCH3 is 1. The number of carbonyl (C=O) groups excluding carboxylic acids is 1. The Labute approximate surface area is 159 Å². The SMILES string of the molecule is COc1c(Cl)cc(Cl)cc1C[C@@H]1SC(=S)N(Cc2ccco2)C1=O. The third-order valence-electron chi connectivity index (χ3n) is 3.59. The van der Waals surface area contributed by atoms with Crippen LogP contribution in [0.3, 0.4) is 0 Å². The Bertz CT molecular complexity index is 780. The summed E-state index contributed by atoms with van der Waals surface area (Å²) in [5.41, 5.74) is 0.781. The zero-order valence-corrected chi connectivity index (χ0v) is 15.8. The summed E-state index contributed by atoms with van der Waals surface area (Å²) in [6.07, 6.45) is 2.00. The van der Waals surface area contributed by atoms with Crippen LogP contribution in [-0.4, -0.2) is 27.5 Å². The molecule has 0 N–H and O–H groups in total. The molecule has 0 radical (unpaired) electrons. The van der Waals surface area contributed by atoms with Gasteiger partial charge in [0.05, 0.1) is 30.2 Å². The number of hydrogen-bond acceptors (Lipinski definition) is 5. The Kier molecular flexibility index (Phi) is 5.39. The van der Waals surface area contributed by atoms with Gasteiger partial charge in [0.2, 0.25) is 5.91 Å². The number of nitrogens with zero attached hydrogens (tertiary/aromatic N) is 1. The van der Waals surface area contributed by atoms with Crippen molar-refractivity contribution in [3.05, 3.63) is 51.9 Å². The van der Waals surface area contributed by atoms with Gasteiger partial charge in [-0.3, -0.25) is 9.69 Å². The number of hydrogen-bond donors (Lipinski definition) is 0. The van der Waals surface area contributed by atoms with Gasteiger partial charge in [0.1, 0.15) is 15.8 Å². The van der Waals surface area contributed by atoms with E-state index in [2.05, 4.69) is 0 Å². The number of thiocarbonyl (C=S) groups is 1. The predicted octanol–water partition coefficient (Wildman–Crippen LogP) is 4.57. The van der Waals surface area contributed by atoms with Gasteiger partial charge >= 0.3 is 0 Å². The maximum Gasteiger partial charge on any atom is 0.242 e. The minimum Gasteiger partial charge on any atom is -0.495 e. The van der Waals surface area contributed by atoms with E-state index in [1.54, 1.807) is 29.4 Å². The molecule has 0 spiro atoms. The maximum absolute atomic E-state index is 12.7. The number of ether oxygens (including phenoxy) is 1. The molecule has 1 fully saturated rings. The summed E-state index contributed by atoms with van der Waals surface area (Å²) in [5.74, 6) is 1.17. The van der Waals surface area contributed by atoms with Gasteiger partial charge < -0.3 is 9.15 Å². The first-order valence-electron chi connectivity index (χ1n) is 7.06. The summed E-state index contributed by atoms with van der Waals surface area (Å²) < 4.78 is 11.2. The molecular weight excluding hydrogens is 389 g/mol. The van der Waals surface area contributed by atoms with Crippen LogP contribution in [0.1, 0.15) is 11.3 Å². The van der Waals surface area contributed by atoms with Crippen molar-refractivity contribution in [2.75, 3.05) is 7.11 Å². The summed E-state index contributed by atoms with van der Waals surface area (Å²) in [6.45, 7) is 0.335. The molecule has 8 heteroatoms. The first-order chi connectivity index (χ1) is 11.5. The number of amides is 1. The number of rotatable bonds is 5. The Balaban J connectivity index is 1.79. The van der Waals surface area contributed by atoms with Crippen molar-refractivity contribution in [3.8, 4) is 5.75 Å². The van der Waals surface area contributed by atoms with E-state index >= 15 is 0 Å². The molecule has 0 saturated carbocycles. The minimum absolute atomic E-state index is 0.0560. The first-order valence-corrected chi connectivity index (χ1v) is 9.10. The van der Waals surface area contributed by atoms with E-state index in [1.165, 1.54) is 18.9 Å². The van der Waals surface area contributed by atoms with E-state index in [1.807, 2.05) is 6.07 Å². The van der Waals surface area contributed by atoms with Crippen LogP contribution < -0.4 is 4.74 Å². The van der Waals surface area contributed by atoms with Gasteiger partial charge in [-0.1, -0.05) is 47.2 Å². The molecule has 3 rings (SSSR count). The topological polar surface area (TPSA) is 42.7 Å². The lowest BCUT2D eigenvalue weighted by Gasteiger charge is -2.15. The molecule has 0 unspecified atom stereocenters. The van der Waals surface area contributed by atoms with Crippen molar-refractivity contribution < 1.29 is 13.9 Å². The summed E-state index contributed by atoms with van der Waals surface area (Å²) in [6, 6.07) is 6.97. The van der Waals surface area contributed by atoms with Crippen molar-refractivity contribution in [3.63, 3.8) is 0 Å². The normalized spacial score (nSPS) is 17.6. The van der Waals surface area contributed by atoms with E-state index in [0.29, 0.717) is 38.8 Å². The molecule has 0 bridgehead atoms. The molecule has 1 aliphatic rings. The molecule has 2 heterocycles. The fraction of sp³-hybridized carbons (Fsp3) is 0.250. The van der Waals surface area contributed by atoms with Crippen LogP contribution in [0.5, 0.6) is 5.75 Å². The van der Waals surface area contributed by atoms with Gasteiger partial charge in [-0.05, 0) is 36.2 Å². The molecular formula is C16H13Cl2NO3S2. The molecule has 1 atom stereocenters. The van der Waals surface area contributed by atoms with Crippen LogP contribution in [-0.2, 0) is 17.8 Å². The highest BCUT2D eigenvalue weighted by molar-refractivity contribution is 8.24. The third kappa shape index (κ3) is 3.57. The van der Waals surface area contributed by atoms with Gasteiger partial charge in [0.25, 0.3) is 0 Å². The van der Waals surface area contributed by atoms with E-state index in [0.717, 1.165) is 5.56 Å². The molecule has 2 aromatic rings. The molecule has 4 nitrogen and oxygen atoms in total. The standard InChI is InChI=1S/C16H13Cl2NO3S2/c1-21-14-9(5-10(17)7-12(14)18)6-13-15(20)19(16(23)24-13)8-11-3-2-4-22-11/h2-5,7,13H,6,8H2,1H3/t13-/m0/s1. The lowest BCUT2D eigenvalue weighted by atomic mass is 10.1. The van der Waals surface area contributed by atoms with Gasteiger partial charge in [-0.15, -0.1) is 0 Å². The lowest BCUT2D eigenvalue weighted by Crippen LogP contribution is -2.31. The first kappa shape index (κ1) is 17.6. The second kappa shape index (κ2) is 7.35. The number of carbonyl (C=O) groups is 1. The molecule has 1 amide bonds. The van der Waals surface area contributed by atoms with Gasteiger partial charge in [-0.2, -0.15) is 0 Å². The van der Waals surface area contributed by atoms with Crippen LogP contribution >= 0.6 is 47.2 Å². The second-order valence-corrected chi connectivity index (χ2v) is 7.84. The number of halogens is 2. The highest BCUT2D eigenvalue weighted by atomic mass is 35.5. The van der Waals surface area contributed by atoms with Gasteiger partial charge in [0.15, 0.2) is 0 Å². The second-order valence-electron chi connectivity index (χ2n) is 5.16. The lowest BCUT2D eigenvalue weighted by molar-refractivity contribution is -0.126. The molecule has 1 saturated heterocycles. The number of furan rings is 1. The van der Waals surface area contributed by atoms with Crippen LogP contribution in [0.25, 0.3) is 0 Å². The Morgan fingerprint density at radius 2 is 2.21 bits per heavy atom. The molecule has 126 valence electrons. The maximum atomic E-state index is 12.7. The van der Waals surface area contributed by atoms with Crippen molar-refractivity contribution in [2.24, 2.45) is 0 Å². The van der Waals surface area contributed by atoms with E-state index in [-0.39, 0.29) is 11.2 Å². The van der Waals surface area contributed by atoms with Crippen LogP contribution in [0, 0.1) is 0 Å². The minimum atomic E-state index is -0.337.